The van der Waals surface area contributed by atoms with E-state index in [0.717, 1.165) is 16.8 Å². The van der Waals surface area contributed by atoms with Gasteiger partial charge in [0.05, 0.1) is 30.8 Å². The lowest BCUT2D eigenvalue weighted by molar-refractivity contribution is 0.355. The summed E-state index contributed by atoms with van der Waals surface area (Å²) < 4.78 is 12.4. The first kappa shape index (κ1) is 20.7. The second-order valence-corrected chi connectivity index (χ2v) is 7.49. The van der Waals surface area contributed by atoms with Gasteiger partial charge in [0, 0.05) is 11.1 Å². The lowest BCUT2D eigenvalue weighted by atomic mass is 10.1. The highest BCUT2D eigenvalue weighted by atomic mass is 35.5. The van der Waals surface area contributed by atoms with Gasteiger partial charge in [0.1, 0.15) is 5.82 Å². The molecule has 3 aromatic carbocycles. The maximum absolute atomic E-state index is 13.5. The van der Waals surface area contributed by atoms with Crippen LogP contribution in [0, 0.1) is 6.92 Å². The van der Waals surface area contributed by atoms with Crippen molar-refractivity contribution in [2.75, 3.05) is 14.2 Å². The monoisotopic (exact) mass is 432 g/mol. The van der Waals surface area contributed by atoms with Gasteiger partial charge in [-0.2, -0.15) is 0 Å². The smallest absolute Gasteiger partial charge is 0.266 e. The number of hydrogen-bond donors (Lipinski definition) is 0. The molecule has 5 nitrogen and oxygen atoms in total. The molecule has 0 aliphatic heterocycles. The molecular formula is C25H21ClN2O3. The topological polar surface area (TPSA) is 53.4 Å². The van der Waals surface area contributed by atoms with E-state index in [1.165, 1.54) is 0 Å². The predicted molar refractivity (Wildman–Crippen MR) is 126 cm³/mol. The van der Waals surface area contributed by atoms with Crippen molar-refractivity contribution in [3.8, 4) is 17.2 Å². The van der Waals surface area contributed by atoms with Gasteiger partial charge in [0.15, 0.2) is 11.5 Å². The summed E-state index contributed by atoms with van der Waals surface area (Å²) in [7, 11) is 3.09. The van der Waals surface area contributed by atoms with Crippen molar-refractivity contribution >= 4 is 34.7 Å². The third kappa shape index (κ3) is 4.18. The number of nitrogens with zero attached hydrogens (tertiary/aromatic N) is 2. The third-order valence-electron chi connectivity index (χ3n) is 4.99. The SMILES string of the molecule is COc1cc2nc(/C=C/c3ccc(Cl)cc3)n(-c3ccc(C)cc3)c(=O)c2cc1OC. The average Bonchev–Trinajstić information content (AvgIpc) is 2.79. The number of aromatic nitrogens is 2. The number of rotatable bonds is 5. The molecule has 0 bridgehead atoms. The molecule has 0 fully saturated rings. The van der Waals surface area contributed by atoms with Gasteiger partial charge in [-0.25, -0.2) is 4.98 Å². The summed E-state index contributed by atoms with van der Waals surface area (Å²) in [6.07, 6.45) is 3.72. The highest BCUT2D eigenvalue weighted by Gasteiger charge is 2.15. The number of aryl methyl sites for hydroxylation is 1. The summed E-state index contributed by atoms with van der Waals surface area (Å²) >= 11 is 5.98. The minimum atomic E-state index is -0.189. The van der Waals surface area contributed by atoms with E-state index in [2.05, 4.69) is 0 Å². The second kappa shape index (κ2) is 8.66. The van der Waals surface area contributed by atoms with E-state index >= 15 is 0 Å². The van der Waals surface area contributed by atoms with E-state index in [9.17, 15) is 4.79 Å². The van der Waals surface area contributed by atoms with Crippen molar-refractivity contribution in [3.63, 3.8) is 0 Å². The van der Waals surface area contributed by atoms with Crippen molar-refractivity contribution in [2.24, 2.45) is 0 Å². The van der Waals surface area contributed by atoms with Crippen molar-refractivity contribution in [2.45, 2.75) is 6.92 Å². The predicted octanol–water partition coefficient (Wildman–Crippen LogP) is 5.54. The van der Waals surface area contributed by atoms with Crippen LogP contribution in [0.2, 0.25) is 5.02 Å². The first-order chi connectivity index (χ1) is 15.0. The zero-order valence-electron chi connectivity index (χ0n) is 17.4. The minimum absolute atomic E-state index is 0.189. The van der Waals surface area contributed by atoms with Crippen LogP contribution >= 0.6 is 11.6 Å². The number of hydrogen-bond acceptors (Lipinski definition) is 4. The largest absolute Gasteiger partial charge is 0.493 e. The molecule has 0 saturated heterocycles. The van der Waals surface area contributed by atoms with E-state index in [1.54, 1.807) is 30.9 Å². The molecule has 0 N–H and O–H groups in total. The summed E-state index contributed by atoms with van der Waals surface area (Å²) in [5, 5.41) is 1.11. The summed E-state index contributed by atoms with van der Waals surface area (Å²) in [5.41, 5.74) is 3.12. The molecule has 0 unspecified atom stereocenters. The van der Waals surface area contributed by atoms with Crippen LogP contribution in [-0.4, -0.2) is 23.8 Å². The van der Waals surface area contributed by atoms with Crippen molar-refractivity contribution in [1.82, 2.24) is 9.55 Å². The Balaban J connectivity index is 1.97. The fourth-order valence-electron chi connectivity index (χ4n) is 3.33. The Kier molecular flexibility index (Phi) is 5.78. The molecule has 0 aliphatic rings. The summed E-state index contributed by atoms with van der Waals surface area (Å²) in [6.45, 7) is 2.00. The van der Waals surface area contributed by atoms with E-state index in [0.29, 0.717) is 33.2 Å². The number of ether oxygens (including phenoxy) is 2. The number of benzene rings is 3. The van der Waals surface area contributed by atoms with Gasteiger partial charge in [-0.3, -0.25) is 9.36 Å². The molecule has 0 spiro atoms. The van der Waals surface area contributed by atoms with Gasteiger partial charge in [0.2, 0.25) is 0 Å². The number of fused-ring (bicyclic) bond motifs is 1. The summed E-state index contributed by atoms with van der Waals surface area (Å²) in [4.78, 5) is 18.3. The Labute approximate surface area is 185 Å². The minimum Gasteiger partial charge on any atom is -0.493 e. The van der Waals surface area contributed by atoms with E-state index in [4.69, 9.17) is 26.1 Å². The van der Waals surface area contributed by atoms with Crippen LogP contribution in [0.3, 0.4) is 0 Å². The molecule has 1 heterocycles. The molecule has 1 aromatic heterocycles. The average molecular weight is 433 g/mol. The lowest BCUT2D eigenvalue weighted by Crippen LogP contribution is -2.22. The molecule has 0 radical (unpaired) electrons. The van der Waals surface area contributed by atoms with Crippen LogP contribution in [0.4, 0.5) is 0 Å². The van der Waals surface area contributed by atoms with Gasteiger partial charge in [0.25, 0.3) is 5.56 Å². The first-order valence-corrected chi connectivity index (χ1v) is 10.1. The first-order valence-electron chi connectivity index (χ1n) is 9.69. The van der Waals surface area contributed by atoms with Gasteiger partial charge in [-0.05, 0) is 48.9 Å². The number of halogens is 1. The zero-order valence-corrected chi connectivity index (χ0v) is 18.2. The third-order valence-corrected chi connectivity index (χ3v) is 5.24. The normalized spacial score (nSPS) is 11.2. The molecular weight excluding hydrogens is 412 g/mol. The van der Waals surface area contributed by atoms with Crippen molar-refractivity contribution in [1.29, 1.82) is 0 Å². The van der Waals surface area contributed by atoms with Gasteiger partial charge < -0.3 is 9.47 Å². The quantitative estimate of drug-likeness (QED) is 0.415. The maximum Gasteiger partial charge on any atom is 0.266 e. The standard InChI is InChI=1S/C25H21ClN2O3/c1-16-4-11-19(12-5-16)28-24(13-8-17-6-9-18(26)10-7-17)27-21-15-23(31-3)22(30-2)14-20(21)25(28)29/h4-15H,1-3H3/b13-8+. The van der Waals surface area contributed by atoms with Gasteiger partial charge in [-0.15, -0.1) is 0 Å². The van der Waals surface area contributed by atoms with E-state index < -0.39 is 0 Å². The van der Waals surface area contributed by atoms with E-state index in [1.807, 2.05) is 67.6 Å². The Morgan fingerprint density at radius 2 is 1.55 bits per heavy atom. The van der Waals surface area contributed by atoms with Crippen LogP contribution in [-0.2, 0) is 0 Å². The zero-order chi connectivity index (χ0) is 22.0. The van der Waals surface area contributed by atoms with Crippen LogP contribution in [0.5, 0.6) is 11.5 Å². The fraction of sp³-hybridized carbons (Fsp3) is 0.120. The van der Waals surface area contributed by atoms with Crippen LogP contribution < -0.4 is 15.0 Å². The molecule has 31 heavy (non-hydrogen) atoms. The van der Waals surface area contributed by atoms with Crippen molar-refractivity contribution < 1.29 is 9.47 Å². The Morgan fingerprint density at radius 1 is 0.903 bits per heavy atom. The molecule has 0 saturated carbocycles. The molecule has 4 rings (SSSR count). The highest BCUT2D eigenvalue weighted by Crippen LogP contribution is 2.30. The highest BCUT2D eigenvalue weighted by molar-refractivity contribution is 6.30. The maximum atomic E-state index is 13.5. The Hall–Kier alpha value is -3.57. The van der Waals surface area contributed by atoms with Crippen LogP contribution in [0.25, 0.3) is 28.7 Å². The lowest BCUT2D eigenvalue weighted by Gasteiger charge is -2.14. The molecule has 0 atom stereocenters. The Bertz CT molecular complexity index is 1320. The van der Waals surface area contributed by atoms with E-state index in [-0.39, 0.29) is 5.56 Å². The van der Waals surface area contributed by atoms with Crippen LogP contribution in [0.15, 0.2) is 65.5 Å². The molecule has 0 amide bonds. The molecule has 156 valence electrons. The summed E-state index contributed by atoms with van der Waals surface area (Å²) in [6, 6.07) is 18.6. The molecule has 0 aliphatic carbocycles. The summed E-state index contributed by atoms with van der Waals surface area (Å²) in [5.74, 6) is 1.50. The second-order valence-electron chi connectivity index (χ2n) is 7.06. The molecule has 4 aromatic rings. The Morgan fingerprint density at radius 3 is 2.19 bits per heavy atom. The van der Waals surface area contributed by atoms with Crippen molar-refractivity contribution in [3.05, 3.63) is 93.0 Å². The van der Waals surface area contributed by atoms with Gasteiger partial charge in [-0.1, -0.05) is 47.5 Å². The van der Waals surface area contributed by atoms with Gasteiger partial charge >= 0.3 is 0 Å². The fourth-order valence-corrected chi connectivity index (χ4v) is 3.46. The van der Waals surface area contributed by atoms with Crippen LogP contribution in [0.1, 0.15) is 17.0 Å². The number of methoxy groups -OCH3 is 2. The molecule has 6 heteroatoms.